The smallest absolute Gasteiger partial charge is 0.0121 e. The van der Waals surface area contributed by atoms with Crippen molar-refractivity contribution in [2.45, 2.75) is 52.5 Å². The van der Waals surface area contributed by atoms with E-state index in [9.17, 15) is 0 Å². The van der Waals surface area contributed by atoms with E-state index in [0.29, 0.717) is 5.41 Å². The van der Waals surface area contributed by atoms with Crippen LogP contribution in [0.15, 0.2) is 0 Å². The topological polar surface area (TPSA) is 6.48 Å². The highest BCUT2D eigenvalue weighted by Gasteiger charge is 2.41. The third kappa shape index (κ3) is 2.68. The molecule has 2 heterocycles. The van der Waals surface area contributed by atoms with Gasteiger partial charge >= 0.3 is 0 Å². The Morgan fingerprint density at radius 1 is 1.12 bits per heavy atom. The minimum absolute atomic E-state index is 0.510. The Morgan fingerprint density at radius 3 is 2.41 bits per heavy atom. The Morgan fingerprint density at radius 2 is 1.76 bits per heavy atom. The summed E-state index contributed by atoms with van der Waals surface area (Å²) in [6.07, 6.45) is 5.58. The SMILES string of the molecule is CC1CCN(C)C(C)C1(C)CCN1CCCC1. The summed E-state index contributed by atoms with van der Waals surface area (Å²) < 4.78 is 0. The second kappa shape index (κ2) is 5.27. The first kappa shape index (κ1) is 13.4. The minimum Gasteiger partial charge on any atom is -0.303 e. The highest BCUT2D eigenvalue weighted by Crippen LogP contribution is 2.42. The summed E-state index contributed by atoms with van der Waals surface area (Å²) in [7, 11) is 2.30. The largest absolute Gasteiger partial charge is 0.303 e. The zero-order chi connectivity index (χ0) is 12.5. The second-order valence-electron chi connectivity index (χ2n) is 6.65. The molecule has 3 atom stereocenters. The first-order valence-corrected chi connectivity index (χ1v) is 7.46. The van der Waals surface area contributed by atoms with E-state index in [0.717, 1.165) is 12.0 Å². The molecular formula is C15H30N2. The van der Waals surface area contributed by atoms with Crippen LogP contribution in [0.25, 0.3) is 0 Å². The molecule has 0 amide bonds. The highest BCUT2D eigenvalue weighted by molar-refractivity contribution is 4.94. The first-order valence-electron chi connectivity index (χ1n) is 7.46. The van der Waals surface area contributed by atoms with Crippen LogP contribution in [-0.2, 0) is 0 Å². The number of hydrogen-bond donors (Lipinski definition) is 0. The van der Waals surface area contributed by atoms with Gasteiger partial charge in [-0.15, -0.1) is 0 Å². The highest BCUT2D eigenvalue weighted by atomic mass is 15.2. The summed E-state index contributed by atoms with van der Waals surface area (Å²) in [5.41, 5.74) is 0.510. The monoisotopic (exact) mass is 238 g/mol. The summed E-state index contributed by atoms with van der Waals surface area (Å²) in [6, 6.07) is 0.730. The van der Waals surface area contributed by atoms with Gasteiger partial charge in [-0.05, 0) is 77.2 Å². The molecule has 2 aliphatic heterocycles. The van der Waals surface area contributed by atoms with Crippen LogP contribution in [-0.4, -0.2) is 49.1 Å². The lowest BCUT2D eigenvalue weighted by Crippen LogP contribution is -2.52. The number of rotatable bonds is 3. The molecular weight excluding hydrogens is 208 g/mol. The predicted molar refractivity (Wildman–Crippen MR) is 74.3 cm³/mol. The van der Waals surface area contributed by atoms with Crippen LogP contribution in [0.4, 0.5) is 0 Å². The zero-order valence-electron chi connectivity index (χ0n) is 12.2. The van der Waals surface area contributed by atoms with Gasteiger partial charge in [0.15, 0.2) is 0 Å². The third-order valence-corrected chi connectivity index (χ3v) is 5.82. The summed E-state index contributed by atoms with van der Waals surface area (Å²) in [5.74, 6) is 0.872. The fourth-order valence-corrected chi connectivity index (χ4v) is 3.70. The van der Waals surface area contributed by atoms with Gasteiger partial charge < -0.3 is 9.80 Å². The normalized spacial score (nSPS) is 40.9. The van der Waals surface area contributed by atoms with Gasteiger partial charge in [0.05, 0.1) is 0 Å². The summed E-state index contributed by atoms with van der Waals surface area (Å²) in [6.45, 7) is 12.7. The molecule has 2 nitrogen and oxygen atoms in total. The molecule has 0 aromatic heterocycles. The Labute approximate surface area is 107 Å². The Kier molecular flexibility index (Phi) is 4.14. The van der Waals surface area contributed by atoms with E-state index in [1.807, 2.05) is 0 Å². The van der Waals surface area contributed by atoms with E-state index in [1.165, 1.54) is 51.9 Å². The number of likely N-dealkylation sites (tertiary alicyclic amines) is 2. The average molecular weight is 238 g/mol. The van der Waals surface area contributed by atoms with Crippen molar-refractivity contribution in [3.05, 3.63) is 0 Å². The zero-order valence-corrected chi connectivity index (χ0v) is 12.2. The maximum atomic E-state index is 2.67. The Balaban J connectivity index is 1.94. The molecule has 0 saturated carbocycles. The molecule has 0 N–H and O–H groups in total. The van der Waals surface area contributed by atoms with Crippen molar-refractivity contribution in [1.29, 1.82) is 0 Å². The number of hydrogen-bond acceptors (Lipinski definition) is 2. The molecule has 0 spiro atoms. The molecule has 0 aromatic rings. The van der Waals surface area contributed by atoms with Gasteiger partial charge in [0.2, 0.25) is 0 Å². The van der Waals surface area contributed by atoms with Crippen molar-refractivity contribution in [2.75, 3.05) is 33.2 Å². The van der Waals surface area contributed by atoms with Gasteiger partial charge in [0.25, 0.3) is 0 Å². The van der Waals surface area contributed by atoms with E-state index in [2.05, 4.69) is 37.6 Å². The van der Waals surface area contributed by atoms with E-state index in [4.69, 9.17) is 0 Å². The van der Waals surface area contributed by atoms with E-state index < -0.39 is 0 Å². The van der Waals surface area contributed by atoms with E-state index in [-0.39, 0.29) is 0 Å². The molecule has 2 heteroatoms. The predicted octanol–water partition coefficient (Wildman–Crippen LogP) is 2.84. The molecule has 0 aromatic carbocycles. The van der Waals surface area contributed by atoms with Crippen molar-refractivity contribution in [3.63, 3.8) is 0 Å². The number of nitrogens with zero attached hydrogens (tertiary/aromatic N) is 2. The summed E-state index contributed by atoms with van der Waals surface area (Å²) >= 11 is 0. The van der Waals surface area contributed by atoms with Crippen LogP contribution < -0.4 is 0 Å². The van der Waals surface area contributed by atoms with Gasteiger partial charge in [0, 0.05) is 6.04 Å². The van der Waals surface area contributed by atoms with Crippen molar-refractivity contribution >= 4 is 0 Å². The summed E-state index contributed by atoms with van der Waals surface area (Å²) in [4.78, 5) is 5.23. The van der Waals surface area contributed by atoms with Crippen molar-refractivity contribution in [3.8, 4) is 0 Å². The third-order valence-electron chi connectivity index (χ3n) is 5.82. The average Bonchev–Trinajstić information content (AvgIpc) is 2.82. The maximum absolute atomic E-state index is 2.67. The van der Waals surface area contributed by atoms with Crippen LogP contribution in [0, 0.1) is 11.3 Å². The van der Waals surface area contributed by atoms with Gasteiger partial charge in [-0.1, -0.05) is 13.8 Å². The first-order chi connectivity index (χ1) is 8.04. The summed E-state index contributed by atoms with van der Waals surface area (Å²) in [5, 5.41) is 0. The van der Waals surface area contributed by atoms with Crippen LogP contribution in [0.3, 0.4) is 0 Å². The molecule has 2 aliphatic rings. The molecule has 0 radical (unpaired) electrons. The second-order valence-corrected chi connectivity index (χ2v) is 6.65. The lowest BCUT2D eigenvalue weighted by atomic mass is 9.66. The molecule has 0 bridgehead atoms. The molecule has 100 valence electrons. The maximum Gasteiger partial charge on any atom is 0.0121 e. The van der Waals surface area contributed by atoms with Gasteiger partial charge in [0.1, 0.15) is 0 Å². The van der Waals surface area contributed by atoms with Gasteiger partial charge in [-0.25, -0.2) is 0 Å². The quantitative estimate of drug-likeness (QED) is 0.746. The lowest BCUT2D eigenvalue weighted by Gasteiger charge is -2.50. The van der Waals surface area contributed by atoms with Crippen LogP contribution in [0.1, 0.15) is 46.5 Å². The molecule has 17 heavy (non-hydrogen) atoms. The van der Waals surface area contributed by atoms with Crippen molar-refractivity contribution < 1.29 is 0 Å². The Bertz CT molecular complexity index is 247. The molecule has 2 rings (SSSR count). The van der Waals surface area contributed by atoms with E-state index >= 15 is 0 Å². The molecule has 3 unspecified atom stereocenters. The molecule has 2 saturated heterocycles. The minimum atomic E-state index is 0.510. The van der Waals surface area contributed by atoms with Crippen molar-refractivity contribution in [2.24, 2.45) is 11.3 Å². The number of piperidine rings is 1. The fraction of sp³-hybridized carbons (Fsp3) is 1.00. The van der Waals surface area contributed by atoms with Crippen LogP contribution in [0.5, 0.6) is 0 Å². The Hall–Kier alpha value is -0.0800. The molecule has 0 aliphatic carbocycles. The lowest BCUT2D eigenvalue weighted by molar-refractivity contribution is -0.00487. The molecule has 2 fully saturated rings. The van der Waals surface area contributed by atoms with Gasteiger partial charge in [-0.2, -0.15) is 0 Å². The standard InChI is InChI=1S/C15H30N2/c1-13-7-11-16(4)14(2)15(13,3)8-12-17-9-5-6-10-17/h13-14H,5-12H2,1-4H3. The fourth-order valence-electron chi connectivity index (χ4n) is 3.70. The van der Waals surface area contributed by atoms with Crippen LogP contribution >= 0.6 is 0 Å². The van der Waals surface area contributed by atoms with E-state index in [1.54, 1.807) is 0 Å². The van der Waals surface area contributed by atoms with Gasteiger partial charge in [-0.3, -0.25) is 0 Å². The van der Waals surface area contributed by atoms with Crippen LogP contribution in [0.2, 0.25) is 0 Å². The van der Waals surface area contributed by atoms with Crippen molar-refractivity contribution in [1.82, 2.24) is 9.80 Å².